The Hall–Kier alpha value is -1.60. The smallest absolute Gasteiger partial charge is 0.255 e. The quantitative estimate of drug-likeness (QED) is 0.637. The van der Waals surface area contributed by atoms with Gasteiger partial charge in [0, 0.05) is 23.4 Å². The van der Waals surface area contributed by atoms with E-state index < -0.39 is 0 Å². The molecule has 2 aromatic heterocycles. The maximum Gasteiger partial charge on any atom is 1.00 e. The van der Waals surface area contributed by atoms with Crippen molar-refractivity contribution in [2.45, 2.75) is 34.6 Å². The first-order valence-corrected chi connectivity index (χ1v) is 7.71. The van der Waals surface area contributed by atoms with Crippen molar-refractivity contribution in [3.63, 3.8) is 0 Å². The Morgan fingerprint density at radius 3 is 2.13 bits per heavy atom. The van der Waals surface area contributed by atoms with Gasteiger partial charge in [-0.1, -0.05) is 31.6 Å². The Morgan fingerprint density at radius 2 is 1.57 bits per heavy atom. The SMILES string of the molecule is CC1=C(C)C(C)(C)C(c2cccnc2-c2ccccn2)=C1C.[H+].[Rh+]. The molecule has 2 heterocycles. The molecule has 0 unspecified atom stereocenters. The van der Waals surface area contributed by atoms with Gasteiger partial charge in [-0.25, -0.2) is 0 Å². The van der Waals surface area contributed by atoms with E-state index in [9.17, 15) is 0 Å². The summed E-state index contributed by atoms with van der Waals surface area (Å²) in [4.78, 5) is 9.12. The molecule has 23 heavy (non-hydrogen) atoms. The van der Waals surface area contributed by atoms with Crippen LogP contribution in [0.3, 0.4) is 0 Å². The van der Waals surface area contributed by atoms with Gasteiger partial charge in [0.05, 0.1) is 11.4 Å². The van der Waals surface area contributed by atoms with Crippen molar-refractivity contribution < 1.29 is 20.9 Å². The van der Waals surface area contributed by atoms with Crippen molar-refractivity contribution in [1.29, 1.82) is 0 Å². The van der Waals surface area contributed by atoms with Crippen molar-refractivity contribution >= 4 is 5.57 Å². The molecule has 0 saturated heterocycles. The second-order valence-electron chi connectivity index (χ2n) is 6.49. The summed E-state index contributed by atoms with van der Waals surface area (Å²) in [6, 6.07) is 10.2. The summed E-state index contributed by atoms with van der Waals surface area (Å²) < 4.78 is 0. The average Bonchev–Trinajstić information content (AvgIpc) is 2.68. The van der Waals surface area contributed by atoms with Crippen molar-refractivity contribution in [3.8, 4) is 11.4 Å². The Morgan fingerprint density at radius 1 is 0.870 bits per heavy atom. The zero-order chi connectivity index (χ0) is 15.9. The molecule has 0 aromatic carbocycles. The molecule has 3 heteroatoms. The van der Waals surface area contributed by atoms with Crippen molar-refractivity contribution in [2.24, 2.45) is 5.41 Å². The molecule has 0 atom stereocenters. The van der Waals surface area contributed by atoms with E-state index in [4.69, 9.17) is 0 Å². The third-order valence-corrected chi connectivity index (χ3v) is 5.05. The van der Waals surface area contributed by atoms with Gasteiger partial charge in [-0.05, 0) is 55.7 Å². The molecule has 2 aromatic rings. The van der Waals surface area contributed by atoms with Crippen molar-refractivity contribution in [2.75, 3.05) is 0 Å². The van der Waals surface area contributed by atoms with Crippen LogP contribution in [-0.4, -0.2) is 9.97 Å². The molecule has 0 spiro atoms. The maximum atomic E-state index is 4.63. The second-order valence-corrected chi connectivity index (χ2v) is 6.49. The molecule has 1 aliphatic rings. The van der Waals surface area contributed by atoms with E-state index in [1.54, 1.807) is 0 Å². The summed E-state index contributed by atoms with van der Waals surface area (Å²) in [6.45, 7) is 11.3. The largest absolute Gasteiger partial charge is 1.00 e. The molecule has 0 aliphatic heterocycles. The molecule has 0 bridgehead atoms. The van der Waals surface area contributed by atoms with Gasteiger partial charge in [0.1, 0.15) is 0 Å². The number of rotatable bonds is 2. The molecular formula is C20H23N2Rh+2. The van der Waals surface area contributed by atoms with E-state index in [2.05, 4.69) is 50.7 Å². The topological polar surface area (TPSA) is 25.8 Å². The summed E-state index contributed by atoms with van der Waals surface area (Å²) in [5, 5.41) is 0. The Labute approximate surface area is 153 Å². The first-order valence-electron chi connectivity index (χ1n) is 7.71. The van der Waals surface area contributed by atoms with Crippen LogP contribution in [-0.2, 0) is 19.5 Å². The fourth-order valence-electron chi connectivity index (χ4n) is 3.45. The van der Waals surface area contributed by atoms with Gasteiger partial charge in [-0.15, -0.1) is 0 Å². The van der Waals surface area contributed by atoms with Crippen LogP contribution in [0.4, 0.5) is 0 Å². The van der Waals surface area contributed by atoms with Crippen LogP contribution in [0.25, 0.3) is 17.0 Å². The zero-order valence-corrected chi connectivity index (χ0v) is 15.9. The Kier molecular flexibility index (Phi) is 5.01. The van der Waals surface area contributed by atoms with Crippen molar-refractivity contribution in [1.82, 2.24) is 9.97 Å². The molecule has 3 rings (SSSR count). The van der Waals surface area contributed by atoms with Gasteiger partial charge in [0.2, 0.25) is 0 Å². The molecular weight excluding hydrogens is 371 g/mol. The number of pyridine rings is 2. The summed E-state index contributed by atoms with van der Waals surface area (Å²) in [5.74, 6) is 0. The predicted molar refractivity (Wildman–Crippen MR) is 93.3 cm³/mol. The molecule has 0 N–H and O–H groups in total. The van der Waals surface area contributed by atoms with Crippen LogP contribution in [0.5, 0.6) is 0 Å². The Bertz CT molecular complexity index is 792. The van der Waals surface area contributed by atoms with Crippen LogP contribution < -0.4 is 0 Å². The summed E-state index contributed by atoms with van der Waals surface area (Å²) in [7, 11) is 0. The van der Waals surface area contributed by atoms with Crippen LogP contribution in [0.2, 0.25) is 0 Å². The van der Waals surface area contributed by atoms with Crippen LogP contribution in [0.1, 0.15) is 41.6 Å². The summed E-state index contributed by atoms with van der Waals surface area (Å²) in [6.07, 6.45) is 3.67. The van der Waals surface area contributed by atoms with Gasteiger partial charge < -0.3 is 0 Å². The fraction of sp³-hybridized carbons (Fsp3) is 0.300. The third-order valence-electron chi connectivity index (χ3n) is 5.05. The van der Waals surface area contributed by atoms with Gasteiger partial charge in [-0.2, -0.15) is 0 Å². The molecule has 120 valence electrons. The predicted octanol–water partition coefficient (Wildman–Crippen LogP) is 5.40. The average molecular weight is 394 g/mol. The Balaban J connectivity index is 0.00000144. The fourth-order valence-corrected chi connectivity index (χ4v) is 3.45. The van der Waals surface area contributed by atoms with E-state index in [-0.39, 0.29) is 26.3 Å². The van der Waals surface area contributed by atoms with E-state index in [0.29, 0.717) is 0 Å². The van der Waals surface area contributed by atoms with E-state index in [1.807, 2.05) is 36.7 Å². The van der Waals surface area contributed by atoms with Gasteiger partial charge in [-0.3, -0.25) is 9.97 Å². The first kappa shape index (κ1) is 17.8. The molecule has 0 amide bonds. The van der Waals surface area contributed by atoms with Crippen LogP contribution in [0, 0.1) is 5.41 Å². The molecule has 2 nitrogen and oxygen atoms in total. The minimum Gasteiger partial charge on any atom is -0.255 e. The monoisotopic (exact) mass is 394 g/mol. The van der Waals surface area contributed by atoms with E-state index >= 15 is 0 Å². The summed E-state index contributed by atoms with van der Waals surface area (Å²) >= 11 is 0. The number of hydrogen-bond donors (Lipinski definition) is 0. The third kappa shape index (κ3) is 2.83. The zero-order valence-electron chi connectivity index (χ0n) is 15.3. The van der Waals surface area contributed by atoms with Gasteiger partial charge in [0.15, 0.2) is 0 Å². The second kappa shape index (κ2) is 6.49. The molecule has 0 saturated carbocycles. The normalized spacial score (nSPS) is 16.6. The standard InChI is InChI=1S/C20H22N2.Rh/c1-13-14(2)18(20(4,5)15(13)3)16-9-8-12-22-19(16)17-10-6-7-11-21-17;/h6-12H,1-5H3;/q;+1/p+1. The van der Waals surface area contributed by atoms with Gasteiger partial charge in [0.25, 0.3) is 0 Å². The van der Waals surface area contributed by atoms with Gasteiger partial charge >= 0.3 is 20.9 Å². The first-order chi connectivity index (χ1) is 10.4. The number of hydrogen-bond acceptors (Lipinski definition) is 2. The number of aromatic nitrogens is 2. The minimum absolute atomic E-state index is 0. The molecule has 0 radical (unpaired) electrons. The molecule has 0 fully saturated rings. The summed E-state index contributed by atoms with van der Waals surface area (Å²) in [5.41, 5.74) is 8.70. The minimum atomic E-state index is 0. The van der Waals surface area contributed by atoms with Crippen molar-refractivity contribution in [3.05, 3.63) is 65.0 Å². The number of allylic oxidation sites excluding steroid dienone is 4. The number of nitrogens with zero attached hydrogens (tertiary/aromatic N) is 2. The maximum absolute atomic E-state index is 4.63. The van der Waals surface area contributed by atoms with E-state index in [1.165, 1.54) is 27.9 Å². The van der Waals surface area contributed by atoms with Crippen LogP contribution >= 0.6 is 0 Å². The van der Waals surface area contributed by atoms with Crippen LogP contribution in [0.15, 0.2) is 59.4 Å². The van der Waals surface area contributed by atoms with E-state index in [0.717, 1.165) is 11.4 Å². The molecule has 1 aliphatic carbocycles.